The van der Waals surface area contributed by atoms with E-state index in [-0.39, 0.29) is 17.3 Å². The molecule has 0 spiro atoms. The van der Waals surface area contributed by atoms with Gasteiger partial charge in [0, 0.05) is 22.5 Å². The van der Waals surface area contributed by atoms with Crippen LogP contribution >= 0.6 is 11.3 Å². The molecule has 3 rings (SSSR count). The van der Waals surface area contributed by atoms with Gasteiger partial charge in [0.25, 0.3) is 11.6 Å². The Bertz CT molecular complexity index is 868. The lowest BCUT2D eigenvalue weighted by Gasteiger charge is -2.00. The van der Waals surface area contributed by atoms with Gasteiger partial charge in [-0.1, -0.05) is 12.1 Å². The Morgan fingerprint density at radius 3 is 3.00 bits per heavy atom. The van der Waals surface area contributed by atoms with Crippen molar-refractivity contribution in [3.8, 4) is 0 Å². The molecule has 2 aromatic heterocycles. The fourth-order valence-corrected chi connectivity index (χ4v) is 2.86. The molecule has 0 saturated heterocycles. The van der Waals surface area contributed by atoms with E-state index >= 15 is 0 Å². The number of rotatable bonds is 4. The van der Waals surface area contributed by atoms with Crippen LogP contribution in [0.5, 0.6) is 0 Å². The second-order valence-electron chi connectivity index (χ2n) is 4.75. The summed E-state index contributed by atoms with van der Waals surface area (Å²) in [4.78, 5) is 29.7. The molecular formula is C14H12N4O3S. The number of nitrogens with one attached hydrogen (secondary N) is 2. The topological polar surface area (TPSA) is 101 Å². The maximum atomic E-state index is 12.1. The molecule has 7 nitrogen and oxygen atoms in total. The highest BCUT2D eigenvalue weighted by Gasteiger charge is 2.16. The average Bonchev–Trinajstić information content (AvgIpc) is 3.09. The quantitative estimate of drug-likeness (QED) is 0.571. The van der Waals surface area contributed by atoms with E-state index < -0.39 is 4.92 Å². The van der Waals surface area contributed by atoms with Gasteiger partial charge in [0.05, 0.1) is 11.5 Å². The van der Waals surface area contributed by atoms with Gasteiger partial charge >= 0.3 is 0 Å². The highest BCUT2D eigenvalue weighted by atomic mass is 32.1. The minimum absolute atomic E-state index is 0.0490. The van der Waals surface area contributed by atoms with Gasteiger partial charge in [-0.25, -0.2) is 4.98 Å². The van der Waals surface area contributed by atoms with Crippen molar-refractivity contribution in [1.29, 1.82) is 0 Å². The molecule has 22 heavy (non-hydrogen) atoms. The lowest BCUT2D eigenvalue weighted by atomic mass is 10.2. The molecular weight excluding hydrogens is 304 g/mol. The number of aromatic amines is 1. The third kappa shape index (κ3) is 2.68. The van der Waals surface area contributed by atoms with Crippen molar-refractivity contribution >= 4 is 33.8 Å². The van der Waals surface area contributed by atoms with E-state index in [1.165, 1.54) is 17.4 Å². The Labute approximate surface area is 129 Å². The molecule has 1 amide bonds. The van der Waals surface area contributed by atoms with E-state index in [4.69, 9.17) is 0 Å². The first-order valence-corrected chi connectivity index (χ1v) is 7.38. The Hall–Kier alpha value is -2.74. The van der Waals surface area contributed by atoms with Crippen molar-refractivity contribution in [3.05, 3.63) is 56.2 Å². The Balaban J connectivity index is 1.82. The smallest absolute Gasteiger partial charge is 0.293 e. The molecule has 0 saturated carbocycles. The van der Waals surface area contributed by atoms with E-state index in [1.807, 2.05) is 12.3 Å². The highest BCUT2D eigenvalue weighted by Crippen LogP contribution is 2.25. The molecule has 3 aromatic rings. The molecule has 0 aliphatic rings. The molecule has 0 bridgehead atoms. The number of para-hydroxylation sites is 1. The number of aryl methyl sites for hydroxylation is 1. The lowest BCUT2D eigenvalue weighted by molar-refractivity contribution is -0.383. The number of aromatic nitrogens is 2. The summed E-state index contributed by atoms with van der Waals surface area (Å²) in [5.41, 5.74) is 1.50. The maximum absolute atomic E-state index is 12.1. The number of thiazole rings is 1. The van der Waals surface area contributed by atoms with Crippen LogP contribution in [0.15, 0.2) is 29.6 Å². The monoisotopic (exact) mass is 316 g/mol. The van der Waals surface area contributed by atoms with Crippen LogP contribution in [0.4, 0.5) is 5.69 Å². The molecule has 1 aromatic carbocycles. The van der Waals surface area contributed by atoms with Gasteiger partial charge in [-0.3, -0.25) is 14.9 Å². The van der Waals surface area contributed by atoms with Crippen LogP contribution in [-0.2, 0) is 6.54 Å². The van der Waals surface area contributed by atoms with Crippen LogP contribution in [0.25, 0.3) is 10.9 Å². The molecule has 0 radical (unpaired) electrons. The van der Waals surface area contributed by atoms with Crippen LogP contribution in [0.3, 0.4) is 0 Å². The lowest BCUT2D eigenvalue weighted by Crippen LogP contribution is -2.22. The Kier molecular flexibility index (Phi) is 3.60. The second-order valence-corrected chi connectivity index (χ2v) is 5.69. The summed E-state index contributed by atoms with van der Waals surface area (Å²) in [7, 11) is 0. The summed E-state index contributed by atoms with van der Waals surface area (Å²) in [5.74, 6) is -0.321. The van der Waals surface area contributed by atoms with Gasteiger partial charge in [0.1, 0.15) is 16.2 Å². The molecule has 2 N–H and O–H groups in total. The zero-order valence-electron chi connectivity index (χ0n) is 11.6. The first kappa shape index (κ1) is 14.2. The van der Waals surface area contributed by atoms with Gasteiger partial charge in [0.15, 0.2) is 0 Å². The van der Waals surface area contributed by atoms with Gasteiger partial charge in [-0.2, -0.15) is 0 Å². The van der Waals surface area contributed by atoms with Crippen molar-refractivity contribution in [2.45, 2.75) is 13.5 Å². The fraction of sp³-hybridized carbons (Fsp3) is 0.143. The van der Waals surface area contributed by atoms with E-state index in [0.717, 1.165) is 10.7 Å². The van der Waals surface area contributed by atoms with Gasteiger partial charge in [-0.15, -0.1) is 11.3 Å². The van der Waals surface area contributed by atoms with Crippen LogP contribution in [0.1, 0.15) is 21.2 Å². The Morgan fingerprint density at radius 1 is 1.50 bits per heavy atom. The molecule has 0 aliphatic heterocycles. The number of carbonyl (C=O) groups is 1. The number of nitro benzene ring substituents is 1. The summed E-state index contributed by atoms with van der Waals surface area (Å²) in [5, 5.41) is 17.1. The number of non-ortho nitro benzene ring substituents is 1. The van der Waals surface area contributed by atoms with E-state index in [2.05, 4.69) is 15.3 Å². The number of benzene rings is 1. The van der Waals surface area contributed by atoms with Crippen molar-refractivity contribution in [2.24, 2.45) is 0 Å². The van der Waals surface area contributed by atoms with Crippen molar-refractivity contribution in [2.75, 3.05) is 0 Å². The van der Waals surface area contributed by atoms with Crippen molar-refractivity contribution in [1.82, 2.24) is 15.3 Å². The van der Waals surface area contributed by atoms with E-state index in [0.29, 0.717) is 17.4 Å². The number of carbonyl (C=O) groups excluding carboxylic acids is 1. The zero-order valence-corrected chi connectivity index (χ0v) is 12.4. The van der Waals surface area contributed by atoms with Gasteiger partial charge in [0.2, 0.25) is 0 Å². The highest BCUT2D eigenvalue weighted by molar-refractivity contribution is 7.09. The number of fused-ring (bicyclic) bond motifs is 1. The minimum Gasteiger partial charge on any atom is -0.345 e. The number of nitrogens with zero attached hydrogens (tertiary/aromatic N) is 2. The fourth-order valence-electron chi connectivity index (χ4n) is 2.15. The first-order chi connectivity index (χ1) is 10.5. The number of hydrogen-bond donors (Lipinski definition) is 2. The average molecular weight is 316 g/mol. The molecule has 2 heterocycles. The van der Waals surface area contributed by atoms with Gasteiger partial charge < -0.3 is 10.3 Å². The molecule has 112 valence electrons. The third-order valence-electron chi connectivity index (χ3n) is 3.14. The molecule has 0 atom stereocenters. The van der Waals surface area contributed by atoms with Crippen LogP contribution in [0.2, 0.25) is 0 Å². The van der Waals surface area contributed by atoms with Crippen LogP contribution < -0.4 is 5.32 Å². The number of hydrogen-bond acceptors (Lipinski definition) is 5. The standard InChI is InChI=1S/C14H12N4O3S/c1-8-7-22-12(16-8)6-15-14(19)10-5-9-3-2-4-11(18(20)21)13(9)17-10/h2-5,7,17H,6H2,1H3,(H,15,19). The number of H-pyrrole nitrogens is 1. The second kappa shape index (κ2) is 5.57. The third-order valence-corrected chi connectivity index (χ3v) is 4.11. The predicted molar refractivity (Wildman–Crippen MR) is 83.0 cm³/mol. The normalized spacial score (nSPS) is 10.8. The van der Waals surface area contributed by atoms with Crippen molar-refractivity contribution in [3.63, 3.8) is 0 Å². The predicted octanol–water partition coefficient (Wildman–Crippen LogP) is 2.77. The minimum atomic E-state index is -0.473. The summed E-state index contributed by atoms with van der Waals surface area (Å²) in [6, 6.07) is 6.32. The van der Waals surface area contributed by atoms with E-state index in [9.17, 15) is 14.9 Å². The van der Waals surface area contributed by atoms with Crippen molar-refractivity contribution < 1.29 is 9.72 Å². The number of nitro groups is 1. The molecule has 0 fully saturated rings. The Morgan fingerprint density at radius 2 is 2.32 bits per heavy atom. The van der Waals surface area contributed by atoms with Crippen LogP contribution in [0, 0.1) is 17.0 Å². The summed E-state index contributed by atoms with van der Waals surface area (Å²) < 4.78 is 0. The zero-order chi connectivity index (χ0) is 15.7. The summed E-state index contributed by atoms with van der Waals surface area (Å²) in [6.07, 6.45) is 0. The van der Waals surface area contributed by atoms with Gasteiger partial charge in [-0.05, 0) is 13.0 Å². The SMILES string of the molecule is Cc1csc(CNC(=O)c2cc3cccc([N+](=O)[O-])c3[nH]2)n1. The molecule has 0 aliphatic carbocycles. The summed E-state index contributed by atoms with van der Waals surface area (Å²) >= 11 is 1.47. The first-order valence-electron chi connectivity index (χ1n) is 6.50. The van der Waals surface area contributed by atoms with Crippen LogP contribution in [-0.4, -0.2) is 20.8 Å². The molecule has 8 heteroatoms. The van der Waals surface area contributed by atoms with E-state index in [1.54, 1.807) is 18.2 Å². The summed E-state index contributed by atoms with van der Waals surface area (Å²) in [6.45, 7) is 2.22. The molecule has 0 unspecified atom stereocenters. The maximum Gasteiger partial charge on any atom is 0.293 e. The number of amides is 1. The largest absolute Gasteiger partial charge is 0.345 e.